The van der Waals surface area contributed by atoms with E-state index in [9.17, 15) is 13.2 Å². The van der Waals surface area contributed by atoms with Gasteiger partial charge in [-0.25, -0.2) is 8.42 Å². The number of carbonyl (C=O) groups excluding carboxylic acids is 1. The van der Waals surface area contributed by atoms with E-state index in [1.165, 1.54) is 16.4 Å². The van der Waals surface area contributed by atoms with Gasteiger partial charge in [-0.05, 0) is 37.3 Å². The van der Waals surface area contributed by atoms with Gasteiger partial charge in [0, 0.05) is 37.6 Å². The molecule has 3 aromatic rings. The molecular weight excluding hydrogens is 473 g/mol. The van der Waals surface area contributed by atoms with E-state index in [2.05, 4.69) is 4.98 Å². The van der Waals surface area contributed by atoms with Gasteiger partial charge in [-0.1, -0.05) is 29.3 Å². The first-order chi connectivity index (χ1) is 15.2. The molecule has 0 N–H and O–H groups in total. The molecule has 1 aliphatic rings. The summed E-state index contributed by atoms with van der Waals surface area (Å²) in [5.41, 5.74) is 1.84. The first kappa shape index (κ1) is 22.8. The van der Waals surface area contributed by atoms with Crippen molar-refractivity contribution >= 4 is 50.0 Å². The van der Waals surface area contributed by atoms with Crippen LogP contribution in [-0.4, -0.2) is 61.8 Å². The summed E-state index contributed by atoms with van der Waals surface area (Å²) in [4.78, 5) is 19.3. The second-order valence-corrected chi connectivity index (χ2v) is 10.1. The third kappa shape index (κ3) is 4.15. The molecule has 1 aliphatic heterocycles. The van der Waals surface area contributed by atoms with Crippen molar-refractivity contribution in [2.24, 2.45) is 0 Å². The van der Waals surface area contributed by atoms with Crippen molar-refractivity contribution in [1.29, 1.82) is 0 Å². The molecule has 1 fully saturated rings. The van der Waals surface area contributed by atoms with E-state index in [0.29, 0.717) is 17.0 Å². The van der Waals surface area contributed by atoms with Gasteiger partial charge in [0.05, 0.1) is 33.9 Å². The van der Waals surface area contributed by atoms with Crippen molar-refractivity contribution in [3.05, 3.63) is 63.8 Å². The molecule has 168 valence electrons. The minimum Gasteiger partial charge on any atom is -0.497 e. The maximum absolute atomic E-state index is 13.2. The van der Waals surface area contributed by atoms with Crippen molar-refractivity contribution in [2.45, 2.75) is 11.8 Å². The van der Waals surface area contributed by atoms with Crippen molar-refractivity contribution in [2.75, 3.05) is 33.3 Å². The molecule has 1 aromatic heterocycles. The highest BCUT2D eigenvalue weighted by atomic mass is 35.5. The molecule has 1 amide bonds. The molecule has 4 rings (SSSR count). The summed E-state index contributed by atoms with van der Waals surface area (Å²) in [7, 11) is -2.28. The number of halogens is 2. The number of nitrogens with zero attached hydrogens (tertiary/aromatic N) is 3. The van der Waals surface area contributed by atoms with E-state index in [1.807, 2.05) is 24.3 Å². The largest absolute Gasteiger partial charge is 0.497 e. The van der Waals surface area contributed by atoms with Crippen LogP contribution in [0.15, 0.2) is 47.4 Å². The Kier molecular flexibility index (Phi) is 6.31. The summed E-state index contributed by atoms with van der Waals surface area (Å²) in [6.45, 7) is 2.58. The number of pyridine rings is 1. The highest BCUT2D eigenvalue weighted by Crippen LogP contribution is 2.32. The summed E-state index contributed by atoms with van der Waals surface area (Å²) in [6.07, 6.45) is 0. The van der Waals surface area contributed by atoms with Gasteiger partial charge in [0.2, 0.25) is 10.0 Å². The van der Waals surface area contributed by atoms with Crippen LogP contribution in [0.5, 0.6) is 5.75 Å². The van der Waals surface area contributed by atoms with Crippen molar-refractivity contribution < 1.29 is 17.9 Å². The molecule has 0 atom stereocenters. The normalized spacial score (nSPS) is 15.2. The highest BCUT2D eigenvalue weighted by molar-refractivity contribution is 7.89. The Morgan fingerprint density at radius 2 is 1.69 bits per heavy atom. The first-order valence-corrected chi connectivity index (χ1v) is 12.1. The molecule has 0 bridgehead atoms. The van der Waals surface area contributed by atoms with Crippen LogP contribution in [0.3, 0.4) is 0 Å². The Balaban J connectivity index is 1.53. The molecule has 2 heterocycles. The van der Waals surface area contributed by atoms with E-state index < -0.39 is 10.0 Å². The van der Waals surface area contributed by atoms with Gasteiger partial charge in [-0.2, -0.15) is 4.31 Å². The number of ether oxygens (including phenoxy) is 1. The summed E-state index contributed by atoms with van der Waals surface area (Å²) in [6, 6.07) is 11.9. The second-order valence-electron chi connectivity index (χ2n) is 7.43. The number of methoxy groups -OCH3 is 1. The highest BCUT2D eigenvalue weighted by Gasteiger charge is 2.33. The Labute approximate surface area is 196 Å². The van der Waals surface area contributed by atoms with Gasteiger partial charge >= 0.3 is 0 Å². The number of benzene rings is 2. The van der Waals surface area contributed by atoms with Gasteiger partial charge < -0.3 is 9.64 Å². The number of fused-ring (bicyclic) bond motifs is 1. The van der Waals surface area contributed by atoms with E-state index in [1.54, 1.807) is 25.0 Å². The zero-order valence-electron chi connectivity index (χ0n) is 17.5. The topological polar surface area (TPSA) is 79.8 Å². The van der Waals surface area contributed by atoms with E-state index in [-0.39, 0.29) is 47.0 Å². The standard InChI is InChI=1S/C22H21Cl2N3O4S/c1-14-17(12-15-6-7-16(31-2)13-20(15)25-14)22(28)26-8-10-27(11-9-26)32(29,30)21-18(23)4-3-5-19(21)24/h3-7,12-13H,8-11H2,1-2H3. The number of piperazine rings is 1. The zero-order valence-corrected chi connectivity index (χ0v) is 19.8. The van der Waals surface area contributed by atoms with E-state index in [0.717, 1.165) is 10.9 Å². The number of sulfonamides is 1. The van der Waals surface area contributed by atoms with Crippen LogP contribution in [0.25, 0.3) is 10.9 Å². The SMILES string of the molecule is COc1ccc2cc(C(=O)N3CCN(S(=O)(=O)c4c(Cl)cccc4Cl)CC3)c(C)nc2c1. The van der Waals surface area contributed by atoms with Gasteiger partial charge in [-0.15, -0.1) is 0 Å². The van der Waals surface area contributed by atoms with E-state index in [4.69, 9.17) is 27.9 Å². The Bertz CT molecular complexity index is 1290. The molecule has 2 aromatic carbocycles. The Morgan fingerprint density at radius 3 is 2.31 bits per heavy atom. The van der Waals surface area contributed by atoms with Crippen LogP contribution in [0.4, 0.5) is 0 Å². The molecule has 0 unspecified atom stereocenters. The predicted molar refractivity (Wildman–Crippen MR) is 124 cm³/mol. The molecule has 10 heteroatoms. The van der Waals surface area contributed by atoms with Crippen LogP contribution in [0, 0.1) is 6.92 Å². The number of aromatic nitrogens is 1. The van der Waals surface area contributed by atoms with Crippen molar-refractivity contribution in [3.8, 4) is 5.75 Å². The second kappa shape index (κ2) is 8.86. The molecule has 0 radical (unpaired) electrons. The van der Waals surface area contributed by atoms with Crippen LogP contribution in [-0.2, 0) is 10.0 Å². The number of rotatable bonds is 4. The smallest absolute Gasteiger partial charge is 0.255 e. The number of carbonyl (C=O) groups is 1. The monoisotopic (exact) mass is 493 g/mol. The maximum Gasteiger partial charge on any atom is 0.255 e. The van der Waals surface area contributed by atoms with Crippen LogP contribution >= 0.6 is 23.2 Å². The van der Waals surface area contributed by atoms with Crippen LogP contribution in [0.2, 0.25) is 10.0 Å². The summed E-state index contributed by atoms with van der Waals surface area (Å²) < 4.78 is 32.7. The molecule has 7 nitrogen and oxygen atoms in total. The zero-order chi connectivity index (χ0) is 23.0. The molecule has 0 aliphatic carbocycles. The lowest BCUT2D eigenvalue weighted by Crippen LogP contribution is -2.50. The third-order valence-corrected chi connectivity index (χ3v) is 8.34. The number of amides is 1. The van der Waals surface area contributed by atoms with Crippen LogP contribution in [0.1, 0.15) is 16.1 Å². The third-order valence-electron chi connectivity index (χ3n) is 5.49. The first-order valence-electron chi connectivity index (χ1n) is 9.91. The summed E-state index contributed by atoms with van der Waals surface area (Å²) >= 11 is 12.2. The Hall–Kier alpha value is -2.39. The van der Waals surface area contributed by atoms with Gasteiger partial charge in [-0.3, -0.25) is 9.78 Å². The van der Waals surface area contributed by atoms with Gasteiger partial charge in [0.15, 0.2) is 0 Å². The lowest BCUT2D eigenvalue weighted by Gasteiger charge is -2.34. The average molecular weight is 494 g/mol. The fraction of sp³-hybridized carbons (Fsp3) is 0.273. The molecule has 0 saturated carbocycles. The van der Waals surface area contributed by atoms with Gasteiger partial charge in [0.1, 0.15) is 10.6 Å². The fourth-order valence-corrected chi connectivity index (χ4v) is 6.26. The Morgan fingerprint density at radius 1 is 1.03 bits per heavy atom. The molecule has 0 spiro atoms. The predicted octanol–water partition coefficient (Wildman–Crippen LogP) is 4.01. The number of hydrogen-bond acceptors (Lipinski definition) is 5. The fourth-order valence-electron chi connectivity index (χ4n) is 3.75. The van der Waals surface area contributed by atoms with Crippen LogP contribution < -0.4 is 4.74 Å². The van der Waals surface area contributed by atoms with Crippen molar-refractivity contribution in [1.82, 2.24) is 14.2 Å². The molecule has 1 saturated heterocycles. The molecular formula is C22H21Cl2N3O4S. The quantitative estimate of drug-likeness (QED) is 0.548. The summed E-state index contributed by atoms with van der Waals surface area (Å²) in [5, 5.41) is 0.977. The minimum absolute atomic E-state index is 0.0745. The minimum atomic E-state index is -3.87. The number of hydrogen-bond donors (Lipinski definition) is 0. The average Bonchev–Trinajstić information content (AvgIpc) is 2.77. The molecule has 32 heavy (non-hydrogen) atoms. The summed E-state index contributed by atoms with van der Waals surface area (Å²) in [5.74, 6) is 0.514. The van der Waals surface area contributed by atoms with E-state index >= 15 is 0 Å². The lowest BCUT2D eigenvalue weighted by molar-refractivity contribution is 0.0697. The maximum atomic E-state index is 13.2. The van der Waals surface area contributed by atoms with Gasteiger partial charge in [0.25, 0.3) is 5.91 Å². The lowest BCUT2D eigenvalue weighted by atomic mass is 10.1. The number of aryl methyl sites for hydroxylation is 1. The van der Waals surface area contributed by atoms with Crippen molar-refractivity contribution in [3.63, 3.8) is 0 Å².